The van der Waals surface area contributed by atoms with Crippen molar-refractivity contribution in [1.82, 2.24) is 15.3 Å². The van der Waals surface area contributed by atoms with E-state index in [0.29, 0.717) is 16.4 Å². The fraction of sp³-hybridized carbons (Fsp3) is 0.269. The Balaban J connectivity index is 1.31. The zero-order valence-corrected chi connectivity index (χ0v) is 21.2. The fourth-order valence-electron chi connectivity index (χ4n) is 4.34. The second kappa shape index (κ2) is 10.1. The Bertz CT molecular complexity index is 1330. The first-order chi connectivity index (χ1) is 17.0. The van der Waals surface area contributed by atoms with Crippen molar-refractivity contribution in [1.29, 1.82) is 0 Å². The molecule has 7 nitrogen and oxygen atoms in total. The van der Waals surface area contributed by atoms with Crippen molar-refractivity contribution in [3.05, 3.63) is 75.9 Å². The quantitative estimate of drug-likeness (QED) is 0.399. The van der Waals surface area contributed by atoms with Crippen LogP contribution in [0.25, 0.3) is 10.2 Å². The average Bonchev–Trinajstić information content (AvgIpc) is 3.25. The number of rotatable bonds is 6. The lowest BCUT2D eigenvalue weighted by molar-refractivity contribution is 0.0954. The van der Waals surface area contributed by atoms with Crippen LogP contribution in [-0.4, -0.2) is 49.2 Å². The van der Waals surface area contributed by atoms with Crippen LogP contribution in [0.4, 0.5) is 11.5 Å². The van der Waals surface area contributed by atoms with Crippen LogP contribution in [0.3, 0.4) is 0 Å². The summed E-state index contributed by atoms with van der Waals surface area (Å²) >= 11 is 7.37. The highest BCUT2D eigenvalue weighted by atomic mass is 35.5. The molecular weight excluding hydrogens is 482 g/mol. The van der Waals surface area contributed by atoms with Crippen LogP contribution in [0.2, 0.25) is 5.02 Å². The predicted octanol–water partition coefficient (Wildman–Crippen LogP) is 4.92. The fourth-order valence-corrected chi connectivity index (χ4v) is 5.53. The van der Waals surface area contributed by atoms with Gasteiger partial charge in [-0.1, -0.05) is 23.7 Å². The Hall–Kier alpha value is -3.36. The summed E-state index contributed by atoms with van der Waals surface area (Å²) in [6.45, 7) is 5.87. The van der Waals surface area contributed by atoms with Gasteiger partial charge in [0.15, 0.2) is 0 Å². The number of ether oxygens (including phenoxy) is 1. The third kappa shape index (κ3) is 4.90. The lowest BCUT2D eigenvalue weighted by atomic mass is 10.1. The van der Waals surface area contributed by atoms with Gasteiger partial charge >= 0.3 is 0 Å². The number of anilines is 2. The molecule has 1 N–H and O–H groups in total. The number of piperazine rings is 1. The molecule has 0 unspecified atom stereocenters. The van der Waals surface area contributed by atoms with Gasteiger partial charge in [-0.2, -0.15) is 0 Å². The molecule has 1 amide bonds. The average molecular weight is 508 g/mol. The van der Waals surface area contributed by atoms with Crippen LogP contribution >= 0.6 is 22.9 Å². The summed E-state index contributed by atoms with van der Waals surface area (Å²) in [7, 11) is 1.68. The molecule has 4 aromatic rings. The summed E-state index contributed by atoms with van der Waals surface area (Å²) < 4.78 is 5.27. The van der Waals surface area contributed by atoms with E-state index in [9.17, 15) is 4.79 Å². The van der Waals surface area contributed by atoms with Crippen LogP contribution in [0.1, 0.15) is 20.8 Å². The van der Waals surface area contributed by atoms with E-state index in [0.717, 1.165) is 59.1 Å². The minimum Gasteiger partial charge on any atom is -0.497 e. The van der Waals surface area contributed by atoms with Crippen molar-refractivity contribution >= 4 is 50.6 Å². The van der Waals surface area contributed by atoms with Crippen LogP contribution in [0.15, 0.2) is 54.9 Å². The molecule has 2 aromatic heterocycles. The summed E-state index contributed by atoms with van der Waals surface area (Å²) in [4.78, 5) is 28.3. The smallest absolute Gasteiger partial charge is 0.261 e. The van der Waals surface area contributed by atoms with Gasteiger partial charge in [0.05, 0.1) is 17.4 Å². The van der Waals surface area contributed by atoms with E-state index in [1.54, 1.807) is 13.4 Å². The first-order valence-electron chi connectivity index (χ1n) is 11.4. The van der Waals surface area contributed by atoms with E-state index in [1.165, 1.54) is 17.0 Å². The predicted molar refractivity (Wildman–Crippen MR) is 142 cm³/mol. The largest absolute Gasteiger partial charge is 0.497 e. The van der Waals surface area contributed by atoms with Crippen molar-refractivity contribution in [2.45, 2.75) is 13.5 Å². The highest BCUT2D eigenvalue weighted by molar-refractivity contribution is 7.20. The molecule has 0 saturated carbocycles. The highest BCUT2D eigenvalue weighted by Gasteiger charge is 2.24. The molecule has 35 heavy (non-hydrogen) atoms. The number of hydrogen-bond acceptors (Lipinski definition) is 7. The molecule has 1 aliphatic heterocycles. The number of amides is 1. The van der Waals surface area contributed by atoms with Crippen LogP contribution in [0, 0.1) is 6.92 Å². The lowest BCUT2D eigenvalue weighted by Gasteiger charge is -2.37. The number of aromatic nitrogens is 2. The number of nitrogens with zero attached hydrogens (tertiary/aromatic N) is 4. The third-order valence-corrected chi connectivity index (χ3v) is 7.75. The summed E-state index contributed by atoms with van der Waals surface area (Å²) in [5.41, 5.74) is 3.10. The Morgan fingerprint density at radius 2 is 1.71 bits per heavy atom. The lowest BCUT2D eigenvalue weighted by Crippen LogP contribution is -2.46. The SMILES string of the molecule is COc1ccc(N2CCN(c3ncnc4sc(C(=O)NCc5ccc(Cl)cc5)c(C)c34)CC2)cc1. The van der Waals surface area contributed by atoms with Gasteiger partial charge in [-0.15, -0.1) is 11.3 Å². The van der Waals surface area contributed by atoms with Gasteiger partial charge in [0.2, 0.25) is 0 Å². The number of thiophene rings is 1. The molecule has 5 rings (SSSR count). The van der Waals surface area contributed by atoms with E-state index in [1.807, 2.05) is 43.3 Å². The first-order valence-corrected chi connectivity index (χ1v) is 12.6. The maximum absolute atomic E-state index is 13.0. The minimum atomic E-state index is -0.101. The zero-order valence-electron chi connectivity index (χ0n) is 19.6. The molecule has 1 aliphatic rings. The van der Waals surface area contributed by atoms with E-state index in [2.05, 4.69) is 37.2 Å². The second-order valence-corrected chi connectivity index (χ2v) is 9.85. The standard InChI is InChI=1S/C26H26ClN5O2S/c1-17-22-24(32-13-11-31(12-14-32)20-7-9-21(34-2)10-8-20)29-16-30-26(22)35-23(17)25(33)28-15-18-3-5-19(27)6-4-18/h3-10,16H,11-15H2,1-2H3,(H,28,33). The maximum Gasteiger partial charge on any atom is 0.261 e. The normalized spacial score (nSPS) is 13.8. The number of carbonyl (C=O) groups is 1. The van der Waals surface area contributed by atoms with Gasteiger partial charge in [-0.25, -0.2) is 9.97 Å². The zero-order chi connectivity index (χ0) is 24.4. The Morgan fingerprint density at radius 1 is 1.03 bits per heavy atom. The monoisotopic (exact) mass is 507 g/mol. The van der Waals surface area contributed by atoms with Crippen molar-refractivity contribution in [3.8, 4) is 5.75 Å². The molecule has 9 heteroatoms. The molecule has 1 fully saturated rings. The summed E-state index contributed by atoms with van der Waals surface area (Å²) in [6.07, 6.45) is 1.60. The van der Waals surface area contributed by atoms with E-state index in [4.69, 9.17) is 16.3 Å². The second-order valence-electron chi connectivity index (χ2n) is 8.41. The van der Waals surface area contributed by atoms with Crippen LogP contribution in [0.5, 0.6) is 5.75 Å². The first kappa shape index (κ1) is 23.4. The Morgan fingerprint density at radius 3 is 2.40 bits per heavy atom. The molecular formula is C26H26ClN5O2S. The topological polar surface area (TPSA) is 70.6 Å². The number of nitrogens with one attached hydrogen (secondary N) is 1. The van der Waals surface area contributed by atoms with E-state index >= 15 is 0 Å². The number of fused-ring (bicyclic) bond motifs is 1. The number of methoxy groups -OCH3 is 1. The molecule has 1 saturated heterocycles. The Labute approximate surface area is 213 Å². The number of halogens is 1. The van der Waals surface area contributed by atoms with Gasteiger partial charge in [0, 0.05) is 43.4 Å². The third-order valence-electron chi connectivity index (χ3n) is 6.30. The molecule has 0 radical (unpaired) electrons. The van der Waals surface area contributed by atoms with E-state index in [-0.39, 0.29) is 5.91 Å². The van der Waals surface area contributed by atoms with Gasteiger partial charge in [0.1, 0.15) is 22.7 Å². The van der Waals surface area contributed by atoms with Crippen molar-refractivity contribution in [2.24, 2.45) is 0 Å². The molecule has 180 valence electrons. The molecule has 0 spiro atoms. The highest BCUT2D eigenvalue weighted by Crippen LogP contribution is 2.35. The van der Waals surface area contributed by atoms with Crippen molar-refractivity contribution in [3.63, 3.8) is 0 Å². The number of benzene rings is 2. The molecule has 0 atom stereocenters. The molecule has 2 aromatic carbocycles. The number of hydrogen-bond donors (Lipinski definition) is 1. The molecule has 3 heterocycles. The minimum absolute atomic E-state index is 0.101. The molecule has 0 bridgehead atoms. The molecule has 0 aliphatic carbocycles. The number of carbonyl (C=O) groups excluding carboxylic acids is 1. The summed E-state index contributed by atoms with van der Waals surface area (Å²) in [6, 6.07) is 15.6. The van der Waals surface area contributed by atoms with Gasteiger partial charge < -0.3 is 19.9 Å². The van der Waals surface area contributed by atoms with Gasteiger partial charge in [-0.3, -0.25) is 4.79 Å². The van der Waals surface area contributed by atoms with Gasteiger partial charge in [0.25, 0.3) is 5.91 Å². The van der Waals surface area contributed by atoms with E-state index < -0.39 is 0 Å². The maximum atomic E-state index is 13.0. The summed E-state index contributed by atoms with van der Waals surface area (Å²) in [5, 5.41) is 4.66. The van der Waals surface area contributed by atoms with Crippen molar-refractivity contribution < 1.29 is 9.53 Å². The summed E-state index contributed by atoms with van der Waals surface area (Å²) in [5.74, 6) is 1.65. The van der Waals surface area contributed by atoms with Crippen molar-refractivity contribution in [2.75, 3.05) is 43.1 Å². The van der Waals surface area contributed by atoms with Gasteiger partial charge in [-0.05, 0) is 54.4 Å². The Kier molecular flexibility index (Phi) is 6.74. The van der Waals surface area contributed by atoms with Crippen LogP contribution in [-0.2, 0) is 6.54 Å². The number of aryl methyl sites for hydroxylation is 1. The van der Waals surface area contributed by atoms with Crippen LogP contribution < -0.4 is 19.9 Å².